The number of carbonyl (C=O) groups is 2. The molecule has 2 amide bonds. The Kier molecular flexibility index (Phi) is 7.24. The highest BCUT2D eigenvalue weighted by Gasteiger charge is 2.47. The lowest BCUT2D eigenvalue weighted by Crippen LogP contribution is -2.63. The van der Waals surface area contributed by atoms with E-state index in [1.165, 1.54) is 5.56 Å². The quantitative estimate of drug-likeness (QED) is 0.491. The molecule has 1 saturated heterocycles. The molecule has 2 aromatic carbocycles. The summed E-state index contributed by atoms with van der Waals surface area (Å²) in [5.41, 5.74) is 1.89. The van der Waals surface area contributed by atoms with Gasteiger partial charge in [0.25, 0.3) is 11.8 Å². The van der Waals surface area contributed by atoms with Gasteiger partial charge in [0.15, 0.2) is 11.4 Å². The average Bonchev–Trinajstić information content (AvgIpc) is 3.31. The molecule has 1 fully saturated rings. The van der Waals surface area contributed by atoms with Crippen molar-refractivity contribution < 1.29 is 23.5 Å². The van der Waals surface area contributed by atoms with Crippen LogP contribution in [0.2, 0.25) is 0 Å². The molecule has 0 bridgehead atoms. The standard InChI is InChI=1S/C30H36N2O5/c1-21(2)32-15-16-35-25-10-5-4-8-23(25)9-6-7-13-30(29(32)34)20-31(14-17-36-30)28(33)27-19-24-18-22(3)11-12-26(24)37-27/h4-5,8,10-12,18-19,21H,6-7,9,13-17,20H2,1-3H3. The minimum Gasteiger partial charge on any atom is -0.491 e. The number of fused-ring (bicyclic) bond motifs is 2. The minimum atomic E-state index is -1.08. The zero-order valence-corrected chi connectivity index (χ0v) is 22.0. The number of benzene rings is 2. The number of rotatable bonds is 2. The maximum absolute atomic E-state index is 14.1. The monoisotopic (exact) mass is 504 g/mol. The predicted octanol–water partition coefficient (Wildman–Crippen LogP) is 4.99. The molecule has 1 aromatic heterocycles. The molecule has 0 N–H and O–H groups in total. The highest BCUT2D eigenvalue weighted by molar-refractivity contribution is 5.97. The van der Waals surface area contributed by atoms with Gasteiger partial charge in [0.05, 0.1) is 19.7 Å². The predicted molar refractivity (Wildman–Crippen MR) is 142 cm³/mol. The summed E-state index contributed by atoms with van der Waals surface area (Å²) in [6, 6.07) is 15.8. The van der Waals surface area contributed by atoms with Gasteiger partial charge < -0.3 is 23.7 Å². The highest BCUT2D eigenvalue weighted by atomic mass is 16.5. The fourth-order valence-electron chi connectivity index (χ4n) is 5.46. The van der Waals surface area contributed by atoms with Gasteiger partial charge in [-0.15, -0.1) is 0 Å². The summed E-state index contributed by atoms with van der Waals surface area (Å²) in [4.78, 5) is 31.2. The van der Waals surface area contributed by atoms with E-state index in [4.69, 9.17) is 13.9 Å². The molecular weight excluding hydrogens is 468 g/mol. The molecule has 1 spiro atoms. The van der Waals surface area contributed by atoms with Gasteiger partial charge in [0.2, 0.25) is 0 Å². The van der Waals surface area contributed by atoms with Crippen LogP contribution in [0.15, 0.2) is 52.9 Å². The molecule has 3 heterocycles. The third-order valence-corrected chi connectivity index (χ3v) is 7.47. The van der Waals surface area contributed by atoms with Crippen molar-refractivity contribution in [2.75, 3.05) is 32.8 Å². The van der Waals surface area contributed by atoms with Crippen molar-refractivity contribution in [3.05, 3.63) is 65.4 Å². The molecule has 7 heteroatoms. The van der Waals surface area contributed by atoms with E-state index in [-0.39, 0.29) is 24.4 Å². The van der Waals surface area contributed by atoms with E-state index >= 15 is 0 Å². The van der Waals surface area contributed by atoms with Gasteiger partial charge >= 0.3 is 0 Å². The first-order valence-electron chi connectivity index (χ1n) is 13.3. The van der Waals surface area contributed by atoms with Crippen molar-refractivity contribution in [2.45, 2.75) is 58.1 Å². The summed E-state index contributed by atoms with van der Waals surface area (Å²) in [6.07, 6.45) is 3.13. The van der Waals surface area contributed by atoms with Crippen LogP contribution in [0.4, 0.5) is 0 Å². The van der Waals surface area contributed by atoms with E-state index < -0.39 is 5.60 Å². The number of nitrogens with zero attached hydrogens (tertiary/aromatic N) is 2. The number of morpholine rings is 1. The van der Waals surface area contributed by atoms with E-state index in [0.29, 0.717) is 44.1 Å². The van der Waals surface area contributed by atoms with Crippen LogP contribution in [0.3, 0.4) is 0 Å². The van der Waals surface area contributed by atoms with E-state index in [1.807, 2.05) is 62.1 Å². The van der Waals surface area contributed by atoms with Crippen molar-refractivity contribution in [1.82, 2.24) is 9.80 Å². The Morgan fingerprint density at radius 2 is 1.86 bits per heavy atom. The molecule has 1 atom stereocenters. The van der Waals surface area contributed by atoms with Crippen LogP contribution in [0.25, 0.3) is 11.0 Å². The molecular formula is C30H36N2O5. The molecule has 196 valence electrons. The van der Waals surface area contributed by atoms with Crippen molar-refractivity contribution in [3.8, 4) is 5.75 Å². The Labute approximate surface area is 218 Å². The third-order valence-electron chi connectivity index (χ3n) is 7.47. The number of para-hydroxylation sites is 1. The molecule has 7 nitrogen and oxygen atoms in total. The molecule has 0 aliphatic carbocycles. The van der Waals surface area contributed by atoms with Gasteiger partial charge in [-0.1, -0.05) is 29.8 Å². The van der Waals surface area contributed by atoms with E-state index in [9.17, 15) is 9.59 Å². The van der Waals surface area contributed by atoms with E-state index in [1.54, 1.807) is 11.0 Å². The van der Waals surface area contributed by atoms with Gasteiger partial charge in [0.1, 0.15) is 17.9 Å². The SMILES string of the molecule is Cc1ccc2oc(C(=O)N3CCOC4(CCCCc5ccccc5OCCN(C(C)C)C4=O)C3)cc2c1. The Bertz CT molecular complexity index is 1280. The Balaban J connectivity index is 1.41. The second-order valence-corrected chi connectivity index (χ2v) is 10.5. The first-order chi connectivity index (χ1) is 17.9. The molecule has 0 radical (unpaired) electrons. The van der Waals surface area contributed by atoms with E-state index in [2.05, 4.69) is 6.07 Å². The number of carbonyl (C=O) groups excluding carboxylic acids is 2. The van der Waals surface area contributed by atoms with Gasteiger partial charge in [-0.25, -0.2) is 0 Å². The maximum Gasteiger partial charge on any atom is 0.289 e. The van der Waals surface area contributed by atoms with Gasteiger partial charge in [-0.3, -0.25) is 9.59 Å². The number of hydrogen-bond acceptors (Lipinski definition) is 5. The fraction of sp³-hybridized carbons (Fsp3) is 0.467. The molecule has 37 heavy (non-hydrogen) atoms. The van der Waals surface area contributed by atoms with Crippen LogP contribution < -0.4 is 4.74 Å². The maximum atomic E-state index is 14.1. The van der Waals surface area contributed by atoms with Crippen LogP contribution in [-0.4, -0.2) is 66.1 Å². The topological polar surface area (TPSA) is 72.2 Å². The Morgan fingerprint density at radius 3 is 2.70 bits per heavy atom. The smallest absolute Gasteiger partial charge is 0.289 e. The van der Waals surface area contributed by atoms with Crippen LogP contribution in [0.1, 0.15) is 54.8 Å². The summed E-state index contributed by atoms with van der Waals surface area (Å²) in [5.74, 6) is 0.908. The molecule has 3 aromatic rings. The zero-order valence-electron chi connectivity index (χ0n) is 22.0. The minimum absolute atomic E-state index is 0.0283. The van der Waals surface area contributed by atoms with Gasteiger partial charge in [-0.2, -0.15) is 0 Å². The second-order valence-electron chi connectivity index (χ2n) is 10.5. The first kappa shape index (κ1) is 25.3. The van der Waals surface area contributed by atoms with Gasteiger partial charge in [0, 0.05) is 18.0 Å². The molecule has 2 aliphatic rings. The molecule has 2 aliphatic heterocycles. The normalized spacial score (nSPS) is 21.5. The van der Waals surface area contributed by atoms with Crippen molar-refractivity contribution in [1.29, 1.82) is 0 Å². The lowest BCUT2D eigenvalue weighted by Gasteiger charge is -2.44. The number of aryl methyl sites for hydroxylation is 2. The van der Waals surface area contributed by atoms with Crippen molar-refractivity contribution in [3.63, 3.8) is 0 Å². The number of amides is 2. The van der Waals surface area contributed by atoms with Crippen molar-refractivity contribution >= 4 is 22.8 Å². The van der Waals surface area contributed by atoms with Gasteiger partial charge in [-0.05, 0) is 76.3 Å². The number of hydrogen-bond donors (Lipinski definition) is 0. The summed E-state index contributed by atoms with van der Waals surface area (Å²) in [7, 11) is 0. The Morgan fingerprint density at radius 1 is 1.03 bits per heavy atom. The van der Waals surface area contributed by atoms with E-state index in [0.717, 1.165) is 36.0 Å². The van der Waals surface area contributed by atoms with Crippen LogP contribution in [-0.2, 0) is 16.0 Å². The average molecular weight is 505 g/mol. The lowest BCUT2D eigenvalue weighted by atomic mass is 9.90. The Hall–Kier alpha value is -3.32. The highest BCUT2D eigenvalue weighted by Crippen LogP contribution is 2.31. The van der Waals surface area contributed by atoms with Crippen LogP contribution in [0, 0.1) is 6.92 Å². The summed E-state index contributed by atoms with van der Waals surface area (Å²) in [5, 5.41) is 0.902. The van der Waals surface area contributed by atoms with Crippen LogP contribution in [0.5, 0.6) is 5.75 Å². The summed E-state index contributed by atoms with van der Waals surface area (Å²) in [6.45, 7) is 7.82. The lowest BCUT2D eigenvalue weighted by molar-refractivity contribution is -0.172. The first-order valence-corrected chi connectivity index (χ1v) is 13.3. The summed E-state index contributed by atoms with van der Waals surface area (Å²) < 4.78 is 18.3. The van der Waals surface area contributed by atoms with Crippen LogP contribution >= 0.6 is 0 Å². The number of furan rings is 1. The molecule has 5 rings (SSSR count). The third kappa shape index (κ3) is 5.23. The molecule has 1 unspecified atom stereocenters. The fourth-order valence-corrected chi connectivity index (χ4v) is 5.46. The number of ether oxygens (including phenoxy) is 2. The zero-order chi connectivity index (χ0) is 26.0. The second kappa shape index (κ2) is 10.6. The molecule has 0 saturated carbocycles. The van der Waals surface area contributed by atoms with Crippen molar-refractivity contribution in [2.24, 2.45) is 0 Å². The summed E-state index contributed by atoms with van der Waals surface area (Å²) >= 11 is 0. The largest absolute Gasteiger partial charge is 0.491 e.